The predicted octanol–water partition coefficient (Wildman–Crippen LogP) is 2.70. The van der Waals surface area contributed by atoms with Crippen molar-refractivity contribution in [2.24, 2.45) is 5.92 Å². The lowest BCUT2D eigenvalue weighted by molar-refractivity contribution is -0.142. The summed E-state index contributed by atoms with van der Waals surface area (Å²) in [5, 5.41) is 15.1. The van der Waals surface area contributed by atoms with Crippen LogP contribution in [-0.2, 0) is 10.3 Å². The van der Waals surface area contributed by atoms with Gasteiger partial charge in [-0.2, -0.15) is 0 Å². The standard InChI is InChI=1S/C18H29NO3/c1-4-7-17(22-3)18(20,15-9-6-11-19-13-15)14-8-5-10-16(12-14)21-2/h5,8,10,12,15,17,19-20H,4,6-7,9,11,13H2,1-3H3/t15-,17?,18?/m1/s1. The van der Waals surface area contributed by atoms with Gasteiger partial charge in [0.05, 0.1) is 13.2 Å². The van der Waals surface area contributed by atoms with Gasteiger partial charge in [0.25, 0.3) is 0 Å². The maximum Gasteiger partial charge on any atom is 0.120 e. The van der Waals surface area contributed by atoms with E-state index in [-0.39, 0.29) is 12.0 Å². The molecule has 2 unspecified atom stereocenters. The van der Waals surface area contributed by atoms with Crippen LogP contribution in [0.15, 0.2) is 24.3 Å². The summed E-state index contributed by atoms with van der Waals surface area (Å²) in [6.45, 7) is 3.96. The molecular formula is C18H29NO3. The molecule has 2 N–H and O–H groups in total. The third kappa shape index (κ3) is 3.45. The second-order valence-corrected chi connectivity index (χ2v) is 6.11. The number of ether oxygens (including phenoxy) is 2. The average Bonchev–Trinajstić information content (AvgIpc) is 2.59. The van der Waals surface area contributed by atoms with Gasteiger partial charge < -0.3 is 19.9 Å². The number of benzene rings is 1. The van der Waals surface area contributed by atoms with Crippen molar-refractivity contribution in [1.82, 2.24) is 5.32 Å². The van der Waals surface area contributed by atoms with E-state index in [1.807, 2.05) is 24.3 Å². The normalized spacial score (nSPS) is 22.8. The van der Waals surface area contributed by atoms with Crippen LogP contribution < -0.4 is 10.1 Å². The van der Waals surface area contributed by atoms with Crippen LogP contribution in [0.5, 0.6) is 5.75 Å². The van der Waals surface area contributed by atoms with Gasteiger partial charge in [-0.05, 0) is 43.5 Å². The number of hydrogen-bond acceptors (Lipinski definition) is 4. The van der Waals surface area contributed by atoms with Crippen LogP contribution in [-0.4, -0.2) is 38.5 Å². The Balaban J connectivity index is 2.42. The SMILES string of the molecule is CCCC(OC)C(O)(c1cccc(OC)c1)[C@@H]1CCCNC1. The Bertz CT molecular complexity index is 453. The molecule has 1 aromatic carbocycles. The van der Waals surface area contributed by atoms with Crippen LogP contribution in [0.4, 0.5) is 0 Å². The van der Waals surface area contributed by atoms with Crippen molar-refractivity contribution < 1.29 is 14.6 Å². The van der Waals surface area contributed by atoms with Crippen molar-refractivity contribution in [3.05, 3.63) is 29.8 Å². The van der Waals surface area contributed by atoms with Gasteiger partial charge in [-0.15, -0.1) is 0 Å². The third-order valence-corrected chi connectivity index (χ3v) is 4.78. The third-order valence-electron chi connectivity index (χ3n) is 4.78. The summed E-state index contributed by atoms with van der Waals surface area (Å²) in [7, 11) is 3.35. The molecule has 1 aliphatic rings. The number of rotatable bonds is 7. The smallest absolute Gasteiger partial charge is 0.120 e. The zero-order valence-corrected chi connectivity index (χ0v) is 14.0. The van der Waals surface area contributed by atoms with Crippen molar-refractivity contribution in [3.63, 3.8) is 0 Å². The largest absolute Gasteiger partial charge is 0.497 e. The monoisotopic (exact) mass is 307 g/mol. The molecule has 0 amide bonds. The highest BCUT2D eigenvalue weighted by Crippen LogP contribution is 2.40. The Morgan fingerprint density at radius 2 is 2.23 bits per heavy atom. The summed E-state index contributed by atoms with van der Waals surface area (Å²) in [5.41, 5.74) is -0.104. The molecule has 1 aromatic rings. The maximum atomic E-state index is 11.7. The van der Waals surface area contributed by atoms with Crippen molar-refractivity contribution in [2.75, 3.05) is 27.3 Å². The van der Waals surface area contributed by atoms with E-state index in [4.69, 9.17) is 9.47 Å². The fourth-order valence-electron chi connectivity index (χ4n) is 3.56. The van der Waals surface area contributed by atoms with Gasteiger partial charge in [-0.25, -0.2) is 0 Å². The minimum absolute atomic E-state index is 0.143. The number of aliphatic hydroxyl groups is 1. The molecule has 1 heterocycles. The van der Waals surface area contributed by atoms with E-state index in [1.54, 1.807) is 14.2 Å². The van der Waals surface area contributed by atoms with E-state index in [2.05, 4.69) is 12.2 Å². The van der Waals surface area contributed by atoms with Crippen LogP contribution in [0, 0.1) is 5.92 Å². The summed E-state index contributed by atoms with van der Waals surface area (Å²) in [4.78, 5) is 0. The Morgan fingerprint density at radius 3 is 2.82 bits per heavy atom. The molecule has 0 spiro atoms. The fraction of sp³-hybridized carbons (Fsp3) is 0.667. The molecule has 0 radical (unpaired) electrons. The van der Waals surface area contributed by atoms with Crippen molar-refractivity contribution >= 4 is 0 Å². The van der Waals surface area contributed by atoms with Gasteiger partial charge in [0.1, 0.15) is 11.4 Å². The molecule has 1 aliphatic heterocycles. The zero-order chi connectivity index (χ0) is 16.0. The van der Waals surface area contributed by atoms with E-state index in [1.165, 1.54) is 0 Å². The summed E-state index contributed by atoms with van der Waals surface area (Å²) < 4.78 is 11.1. The molecule has 124 valence electrons. The van der Waals surface area contributed by atoms with Gasteiger partial charge >= 0.3 is 0 Å². The lowest BCUT2D eigenvalue weighted by Gasteiger charge is -2.44. The Morgan fingerprint density at radius 1 is 1.41 bits per heavy atom. The molecule has 0 aliphatic carbocycles. The van der Waals surface area contributed by atoms with E-state index < -0.39 is 5.60 Å². The van der Waals surface area contributed by atoms with Gasteiger partial charge in [0.15, 0.2) is 0 Å². The van der Waals surface area contributed by atoms with E-state index in [0.29, 0.717) is 0 Å². The number of hydrogen-bond donors (Lipinski definition) is 2. The first kappa shape index (κ1) is 17.3. The first-order valence-electron chi connectivity index (χ1n) is 8.27. The molecule has 3 atom stereocenters. The first-order chi connectivity index (χ1) is 10.7. The van der Waals surface area contributed by atoms with Crippen LogP contribution in [0.25, 0.3) is 0 Å². The minimum atomic E-state index is -0.993. The number of nitrogens with one attached hydrogen (secondary N) is 1. The van der Waals surface area contributed by atoms with Crippen molar-refractivity contribution in [1.29, 1.82) is 0 Å². The lowest BCUT2D eigenvalue weighted by atomic mass is 9.72. The van der Waals surface area contributed by atoms with E-state index in [9.17, 15) is 5.11 Å². The van der Waals surface area contributed by atoms with Crippen LogP contribution >= 0.6 is 0 Å². The van der Waals surface area contributed by atoms with Crippen LogP contribution in [0.3, 0.4) is 0 Å². The molecule has 4 heteroatoms. The summed E-state index contributed by atoms with van der Waals surface area (Å²) >= 11 is 0. The second-order valence-electron chi connectivity index (χ2n) is 6.11. The second kappa shape index (κ2) is 7.95. The summed E-state index contributed by atoms with van der Waals surface area (Å²) in [6.07, 6.45) is 3.68. The molecule has 4 nitrogen and oxygen atoms in total. The van der Waals surface area contributed by atoms with Crippen molar-refractivity contribution in [3.8, 4) is 5.75 Å². The Hall–Kier alpha value is -1.10. The Labute approximate surface area is 133 Å². The van der Waals surface area contributed by atoms with E-state index in [0.717, 1.165) is 50.1 Å². The molecule has 0 bridgehead atoms. The molecule has 0 saturated carbocycles. The first-order valence-corrected chi connectivity index (χ1v) is 8.27. The maximum absolute atomic E-state index is 11.7. The zero-order valence-electron chi connectivity index (χ0n) is 14.0. The minimum Gasteiger partial charge on any atom is -0.497 e. The average molecular weight is 307 g/mol. The summed E-state index contributed by atoms with van der Waals surface area (Å²) in [5.74, 6) is 0.913. The lowest BCUT2D eigenvalue weighted by Crippen LogP contribution is -2.52. The Kier molecular flexibility index (Phi) is 6.24. The molecule has 1 saturated heterocycles. The van der Waals surface area contributed by atoms with Gasteiger partial charge in [0.2, 0.25) is 0 Å². The molecule has 22 heavy (non-hydrogen) atoms. The topological polar surface area (TPSA) is 50.7 Å². The molecule has 1 fully saturated rings. The van der Waals surface area contributed by atoms with Gasteiger partial charge in [0, 0.05) is 19.6 Å². The van der Waals surface area contributed by atoms with E-state index >= 15 is 0 Å². The van der Waals surface area contributed by atoms with Crippen LogP contribution in [0.2, 0.25) is 0 Å². The quantitative estimate of drug-likeness (QED) is 0.813. The van der Waals surface area contributed by atoms with Gasteiger partial charge in [-0.1, -0.05) is 25.5 Å². The number of piperidine rings is 1. The number of methoxy groups -OCH3 is 2. The van der Waals surface area contributed by atoms with Gasteiger partial charge in [-0.3, -0.25) is 0 Å². The highest BCUT2D eigenvalue weighted by Gasteiger charge is 2.45. The predicted molar refractivity (Wildman–Crippen MR) is 88.2 cm³/mol. The van der Waals surface area contributed by atoms with Crippen LogP contribution in [0.1, 0.15) is 38.2 Å². The summed E-state index contributed by atoms with van der Waals surface area (Å²) in [6, 6.07) is 7.77. The molecule has 0 aromatic heterocycles. The fourth-order valence-corrected chi connectivity index (χ4v) is 3.56. The van der Waals surface area contributed by atoms with Crippen molar-refractivity contribution in [2.45, 2.75) is 44.3 Å². The highest BCUT2D eigenvalue weighted by atomic mass is 16.5. The molecule has 2 rings (SSSR count). The highest BCUT2D eigenvalue weighted by molar-refractivity contribution is 5.34. The molecular weight excluding hydrogens is 278 g/mol.